The van der Waals surface area contributed by atoms with Gasteiger partial charge in [-0.25, -0.2) is 0 Å². The van der Waals surface area contributed by atoms with E-state index in [4.69, 9.17) is 11.5 Å². The maximum absolute atomic E-state index is 10.8. The molecule has 0 saturated heterocycles. The molecule has 4 N–H and O–H groups in total. The van der Waals surface area contributed by atoms with E-state index in [1.165, 1.54) is 0 Å². The second-order valence-electron chi connectivity index (χ2n) is 2.31. The van der Waals surface area contributed by atoms with Crippen molar-refractivity contribution in [3.05, 3.63) is 10.6 Å². The van der Waals surface area contributed by atoms with Crippen LogP contribution in [0.3, 0.4) is 0 Å². The number of hydrogen-bond acceptors (Lipinski definition) is 4. The molecule has 0 aromatic heterocycles. The number of carbonyl (C=O) groups excluding carboxylic acids is 2. The summed E-state index contributed by atoms with van der Waals surface area (Å²) < 4.78 is 0. The molecule has 0 aliphatic heterocycles. The van der Waals surface area contributed by atoms with Crippen LogP contribution in [0.15, 0.2) is 0 Å². The largest absolute Gasteiger partial charge is 0.652 e. The summed E-state index contributed by atoms with van der Waals surface area (Å²) in [5.41, 5.74) is 10.2. The Morgan fingerprint density at radius 3 is 1.57 bits per heavy atom. The van der Waals surface area contributed by atoms with E-state index in [1.54, 1.807) is 0 Å². The molecule has 86 valence electrons. The number of rotatable bonds is 6. The van der Waals surface area contributed by atoms with Gasteiger partial charge in [-0.05, 0) is 13.1 Å². The number of nitrogens with zero attached hydrogens (tertiary/aromatic N) is 2. The Balaban J connectivity index is 0. The van der Waals surface area contributed by atoms with Gasteiger partial charge < -0.3 is 31.7 Å². The molecule has 0 heterocycles. The molecule has 0 spiro atoms. The monoisotopic (exact) mass is 244 g/mol. The number of amides is 2. The van der Waals surface area contributed by atoms with Gasteiger partial charge in [-0.3, -0.25) is 0 Å². The molecule has 6 nitrogen and oxygen atoms in total. The van der Waals surface area contributed by atoms with Gasteiger partial charge in [0.05, 0.1) is 11.8 Å². The van der Waals surface area contributed by atoms with Crippen molar-refractivity contribution in [1.29, 1.82) is 0 Å². The summed E-state index contributed by atoms with van der Waals surface area (Å²) in [7, 11) is 0. The van der Waals surface area contributed by atoms with E-state index in [0.29, 0.717) is 13.1 Å². The van der Waals surface area contributed by atoms with Crippen LogP contribution in [0.25, 0.3) is 10.6 Å². The molecule has 0 aromatic rings. The molecule has 7 heteroatoms. The molecular formula is C7H14N4NiO2-2. The van der Waals surface area contributed by atoms with Gasteiger partial charge in [0.15, 0.2) is 0 Å². The Bertz CT molecular complexity index is 159. The van der Waals surface area contributed by atoms with E-state index in [2.05, 4.69) is 10.6 Å². The second kappa shape index (κ2) is 10.4. The molecule has 0 unspecified atom stereocenters. The van der Waals surface area contributed by atoms with Crippen LogP contribution in [0.5, 0.6) is 0 Å². The quantitative estimate of drug-likeness (QED) is 0.465. The first-order chi connectivity index (χ1) is 6.20. The molecule has 0 fully saturated rings. The van der Waals surface area contributed by atoms with Crippen molar-refractivity contribution in [1.82, 2.24) is 0 Å². The van der Waals surface area contributed by atoms with Gasteiger partial charge in [0.1, 0.15) is 0 Å². The molecule has 0 bridgehead atoms. The molecule has 0 atom stereocenters. The Morgan fingerprint density at radius 1 is 0.929 bits per heavy atom. The predicted octanol–water partition coefficient (Wildman–Crippen LogP) is -0.908. The van der Waals surface area contributed by atoms with Gasteiger partial charge in [0.25, 0.3) is 0 Å². The summed E-state index contributed by atoms with van der Waals surface area (Å²) in [4.78, 5) is 21.7. The van der Waals surface area contributed by atoms with Gasteiger partial charge in [-0.15, -0.1) is 13.1 Å². The van der Waals surface area contributed by atoms with Crippen LogP contribution in [0.4, 0.5) is 0 Å². The predicted molar refractivity (Wildman–Crippen MR) is 49.2 cm³/mol. The first kappa shape index (κ1) is 15.8. The molecule has 0 saturated carbocycles. The zero-order valence-corrected chi connectivity index (χ0v) is 8.70. The van der Waals surface area contributed by atoms with Gasteiger partial charge >= 0.3 is 0 Å². The normalized spacial score (nSPS) is 8.71. The third-order valence-corrected chi connectivity index (χ3v) is 1.14. The minimum absolute atomic E-state index is 0. The van der Waals surface area contributed by atoms with Crippen molar-refractivity contribution < 1.29 is 26.1 Å². The van der Waals surface area contributed by atoms with Crippen LogP contribution in [-0.4, -0.2) is 38.0 Å². The smallest absolute Gasteiger partial charge is 0.0570 e. The topological polar surface area (TPSA) is 114 Å². The Labute approximate surface area is 93.1 Å². The minimum Gasteiger partial charge on any atom is -0.652 e. The molecule has 0 aliphatic carbocycles. The maximum atomic E-state index is 10.8. The van der Waals surface area contributed by atoms with Crippen LogP contribution in [-0.2, 0) is 26.1 Å². The Hall–Kier alpha value is -0.646. The summed E-state index contributed by atoms with van der Waals surface area (Å²) in [5.74, 6) is -0.951. The van der Waals surface area contributed by atoms with Gasteiger partial charge in [-0.2, -0.15) is 0 Å². The second-order valence-corrected chi connectivity index (χ2v) is 2.31. The first-order valence-electron chi connectivity index (χ1n) is 4.01. The SMILES string of the molecule is NCC[N-]C(=O)CC(=O)[N-]CCN.[Ni]. The average molecular weight is 245 g/mol. The fourth-order valence-corrected chi connectivity index (χ4v) is 0.620. The zero-order chi connectivity index (χ0) is 10.1. The molecule has 0 radical (unpaired) electrons. The number of hydrogen-bond donors (Lipinski definition) is 2. The first-order valence-corrected chi connectivity index (χ1v) is 4.01. The standard InChI is InChI=1S/C7H16N4O2.Ni/c8-1-3-10-6(12)5-7(13)11-4-2-9;/h1-5,8-9H2,(H2,10,11,12,13);/p-2. The fraction of sp³-hybridized carbons (Fsp3) is 0.714. The van der Waals surface area contributed by atoms with Crippen LogP contribution in [0.2, 0.25) is 0 Å². The summed E-state index contributed by atoms with van der Waals surface area (Å²) in [6.07, 6.45) is -0.278. The third kappa shape index (κ3) is 9.44. The van der Waals surface area contributed by atoms with E-state index >= 15 is 0 Å². The third-order valence-electron chi connectivity index (χ3n) is 1.14. The van der Waals surface area contributed by atoms with Crippen molar-refractivity contribution in [2.45, 2.75) is 6.42 Å². The summed E-state index contributed by atoms with van der Waals surface area (Å²) >= 11 is 0. The molecular weight excluding hydrogens is 231 g/mol. The fourth-order valence-electron chi connectivity index (χ4n) is 0.620. The molecule has 0 rings (SSSR count). The number of nitrogens with two attached hydrogens (primary N) is 2. The van der Waals surface area contributed by atoms with Crippen LogP contribution in [0.1, 0.15) is 6.42 Å². The van der Waals surface area contributed by atoms with Crippen LogP contribution >= 0.6 is 0 Å². The van der Waals surface area contributed by atoms with Gasteiger partial charge in [0, 0.05) is 22.9 Å². The van der Waals surface area contributed by atoms with E-state index < -0.39 is 11.8 Å². The Morgan fingerprint density at radius 2 is 1.29 bits per heavy atom. The van der Waals surface area contributed by atoms with Crippen LogP contribution < -0.4 is 11.5 Å². The van der Waals surface area contributed by atoms with Crippen molar-refractivity contribution in [3.63, 3.8) is 0 Å². The average Bonchev–Trinajstić information content (AvgIpc) is 2.11. The Kier molecular flexibility index (Phi) is 11.8. The maximum Gasteiger partial charge on any atom is 0.0570 e. The summed E-state index contributed by atoms with van der Waals surface area (Å²) in [6.45, 7) is 1.12. The summed E-state index contributed by atoms with van der Waals surface area (Å²) in [5, 5.41) is 7.03. The zero-order valence-electron chi connectivity index (χ0n) is 7.72. The molecule has 0 aliphatic rings. The molecule has 14 heavy (non-hydrogen) atoms. The van der Waals surface area contributed by atoms with E-state index in [-0.39, 0.29) is 36.0 Å². The number of carbonyl (C=O) groups is 2. The van der Waals surface area contributed by atoms with Crippen molar-refractivity contribution in [2.24, 2.45) is 11.5 Å². The van der Waals surface area contributed by atoms with E-state index in [0.717, 1.165) is 0 Å². The molecule has 0 aromatic carbocycles. The van der Waals surface area contributed by atoms with E-state index in [9.17, 15) is 9.59 Å². The summed E-state index contributed by atoms with van der Waals surface area (Å²) in [6, 6.07) is 0. The van der Waals surface area contributed by atoms with Crippen molar-refractivity contribution in [3.8, 4) is 0 Å². The van der Waals surface area contributed by atoms with Gasteiger partial charge in [0.2, 0.25) is 0 Å². The van der Waals surface area contributed by atoms with Crippen molar-refractivity contribution >= 4 is 11.8 Å². The van der Waals surface area contributed by atoms with Gasteiger partial charge in [-0.1, -0.05) is 0 Å². The minimum atomic E-state index is -0.476. The van der Waals surface area contributed by atoms with E-state index in [1.807, 2.05) is 0 Å². The van der Waals surface area contributed by atoms with Crippen LogP contribution in [0, 0.1) is 0 Å². The van der Waals surface area contributed by atoms with Crippen molar-refractivity contribution in [2.75, 3.05) is 26.2 Å². The molecule has 2 amide bonds.